The standard InChI is InChI=1S/C16H18N4O3/c21-15(17-13-8-20-5-3-9(13)4-6-20)14-11-2-1-10(16(22)23)7-12(11)18-19-14/h1-2,7,9,13H,3-6,8H2,(H,17,21)(H,18,19)(H,22,23)/t13-/m1/s1. The molecule has 0 spiro atoms. The first kappa shape index (κ1) is 14.2. The summed E-state index contributed by atoms with van der Waals surface area (Å²) in [6.45, 7) is 3.16. The van der Waals surface area contributed by atoms with Crippen LogP contribution in [0.3, 0.4) is 0 Å². The average molecular weight is 314 g/mol. The lowest BCUT2D eigenvalue weighted by atomic mass is 9.84. The van der Waals surface area contributed by atoms with Crippen molar-refractivity contribution in [2.75, 3.05) is 19.6 Å². The number of amides is 1. The molecule has 3 saturated heterocycles. The third-order valence-corrected chi connectivity index (χ3v) is 5.00. The summed E-state index contributed by atoms with van der Waals surface area (Å²) in [6, 6.07) is 4.80. The summed E-state index contributed by atoms with van der Waals surface area (Å²) in [5.41, 5.74) is 1.06. The molecule has 0 saturated carbocycles. The smallest absolute Gasteiger partial charge is 0.335 e. The molecule has 7 nitrogen and oxygen atoms in total. The van der Waals surface area contributed by atoms with Crippen LogP contribution in [0.5, 0.6) is 0 Å². The SMILES string of the molecule is O=C(O)c1ccc2c(C(=O)N[C@@H]3CN4CCC3CC4)n[nH]c2c1. The van der Waals surface area contributed by atoms with Crippen LogP contribution in [-0.4, -0.2) is 57.8 Å². The number of hydrogen-bond acceptors (Lipinski definition) is 4. The quantitative estimate of drug-likeness (QED) is 0.787. The Balaban J connectivity index is 1.56. The number of nitrogens with one attached hydrogen (secondary N) is 2. The van der Waals surface area contributed by atoms with E-state index in [9.17, 15) is 9.59 Å². The van der Waals surface area contributed by atoms with Crippen molar-refractivity contribution in [3.8, 4) is 0 Å². The first-order valence-electron chi connectivity index (χ1n) is 7.86. The maximum atomic E-state index is 12.6. The summed E-state index contributed by atoms with van der Waals surface area (Å²) in [4.78, 5) is 25.9. The monoisotopic (exact) mass is 314 g/mol. The van der Waals surface area contributed by atoms with E-state index in [0.717, 1.165) is 32.5 Å². The zero-order valence-electron chi connectivity index (χ0n) is 12.6. The fourth-order valence-corrected chi connectivity index (χ4v) is 3.69. The molecule has 2 aromatic rings. The number of rotatable bonds is 3. The van der Waals surface area contributed by atoms with E-state index in [1.165, 1.54) is 12.1 Å². The second kappa shape index (κ2) is 5.34. The predicted molar refractivity (Wildman–Crippen MR) is 83.5 cm³/mol. The highest BCUT2D eigenvalue weighted by Gasteiger charge is 2.35. The van der Waals surface area contributed by atoms with Gasteiger partial charge in [0.2, 0.25) is 0 Å². The summed E-state index contributed by atoms with van der Waals surface area (Å²) in [6.07, 6.45) is 2.27. The van der Waals surface area contributed by atoms with Crippen molar-refractivity contribution in [3.63, 3.8) is 0 Å². The van der Waals surface area contributed by atoms with Crippen LogP contribution in [0.2, 0.25) is 0 Å². The fourth-order valence-electron chi connectivity index (χ4n) is 3.69. The number of carbonyl (C=O) groups is 2. The van der Waals surface area contributed by atoms with Crippen molar-refractivity contribution in [1.82, 2.24) is 20.4 Å². The number of nitrogens with zero attached hydrogens (tertiary/aromatic N) is 2. The predicted octanol–water partition coefficient (Wildman–Crippen LogP) is 1.09. The van der Waals surface area contributed by atoms with Crippen molar-refractivity contribution in [1.29, 1.82) is 0 Å². The van der Waals surface area contributed by atoms with Crippen molar-refractivity contribution < 1.29 is 14.7 Å². The number of carbonyl (C=O) groups excluding carboxylic acids is 1. The topological polar surface area (TPSA) is 98.3 Å². The summed E-state index contributed by atoms with van der Waals surface area (Å²) in [7, 11) is 0. The number of hydrogen-bond donors (Lipinski definition) is 3. The molecular formula is C16H18N4O3. The molecule has 5 rings (SSSR count). The van der Waals surface area contributed by atoms with Gasteiger partial charge in [0, 0.05) is 18.0 Å². The summed E-state index contributed by atoms with van der Waals surface area (Å²) in [5.74, 6) is -0.648. The number of aromatic amines is 1. The number of H-pyrrole nitrogens is 1. The van der Waals surface area contributed by atoms with Gasteiger partial charge in [0.15, 0.2) is 5.69 Å². The Morgan fingerprint density at radius 3 is 2.74 bits per heavy atom. The van der Waals surface area contributed by atoms with Gasteiger partial charge in [-0.25, -0.2) is 4.79 Å². The van der Waals surface area contributed by atoms with Crippen LogP contribution in [0, 0.1) is 5.92 Å². The number of carboxylic acids is 1. The molecule has 3 fully saturated rings. The van der Waals surface area contributed by atoms with Gasteiger partial charge in [-0.1, -0.05) is 0 Å². The van der Waals surface area contributed by atoms with Crippen LogP contribution in [0.25, 0.3) is 10.9 Å². The molecular weight excluding hydrogens is 296 g/mol. The number of piperidine rings is 3. The number of fused-ring (bicyclic) bond motifs is 4. The fraction of sp³-hybridized carbons (Fsp3) is 0.438. The number of benzene rings is 1. The highest BCUT2D eigenvalue weighted by molar-refractivity contribution is 6.06. The molecule has 3 aliphatic rings. The van der Waals surface area contributed by atoms with Crippen LogP contribution in [-0.2, 0) is 0 Å². The Morgan fingerprint density at radius 2 is 2.09 bits per heavy atom. The first-order valence-corrected chi connectivity index (χ1v) is 7.86. The number of aromatic carboxylic acids is 1. The highest BCUT2D eigenvalue weighted by atomic mass is 16.4. The Morgan fingerprint density at radius 1 is 1.30 bits per heavy atom. The van der Waals surface area contributed by atoms with Crippen LogP contribution in [0.4, 0.5) is 0 Å². The molecule has 3 aliphatic heterocycles. The molecule has 0 aliphatic carbocycles. The molecule has 7 heteroatoms. The zero-order valence-corrected chi connectivity index (χ0v) is 12.6. The molecule has 23 heavy (non-hydrogen) atoms. The molecule has 4 heterocycles. The molecule has 120 valence electrons. The van der Waals surface area contributed by atoms with Gasteiger partial charge in [-0.2, -0.15) is 5.10 Å². The minimum Gasteiger partial charge on any atom is -0.478 e. The van der Waals surface area contributed by atoms with Gasteiger partial charge in [-0.15, -0.1) is 0 Å². The number of carboxylic acid groups (broad SMARTS) is 1. The van der Waals surface area contributed by atoms with E-state index >= 15 is 0 Å². The van der Waals surface area contributed by atoms with E-state index in [1.54, 1.807) is 6.07 Å². The first-order chi connectivity index (χ1) is 11.1. The van der Waals surface area contributed by atoms with Crippen molar-refractivity contribution in [3.05, 3.63) is 29.5 Å². The molecule has 1 aromatic heterocycles. The van der Waals surface area contributed by atoms with E-state index in [2.05, 4.69) is 20.4 Å². The van der Waals surface area contributed by atoms with Crippen LogP contribution >= 0.6 is 0 Å². The number of aromatic nitrogens is 2. The van der Waals surface area contributed by atoms with Gasteiger partial charge in [-0.3, -0.25) is 9.89 Å². The molecule has 2 bridgehead atoms. The van der Waals surface area contributed by atoms with Gasteiger partial charge in [0.25, 0.3) is 5.91 Å². The van der Waals surface area contributed by atoms with E-state index in [4.69, 9.17) is 5.11 Å². The van der Waals surface area contributed by atoms with Crippen LogP contribution in [0.15, 0.2) is 18.2 Å². The lowest BCUT2D eigenvalue weighted by molar-refractivity contribution is 0.0618. The second-order valence-electron chi connectivity index (χ2n) is 6.36. The minimum atomic E-state index is -1.00. The Kier molecular flexibility index (Phi) is 3.30. The average Bonchev–Trinajstić information content (AvgIpc) is 2.99. The molecule has 3 N–H and O–H groups in total. The summed E-state index contributed by atoms with van der Waals surface area (Å²) >= 11 is 0. The summed E-state index contributed by atoms with van der Waals surface area (Å²) < 4.78 is 0. The van der Waals surface area contributed by atoms with Gasteiger partial charge < -0.3 is 15.3 Å². The van der Waals surface area contributed by atoms with Gasteiger partial charge in [-0.05, 0) is 50.0 Å². The third-order valence-electron chi connectivity index (χ3n) is 5.00. The molecule has 0 unspecified atom stereocenters. The third kappa shape index (κ3) is 2.46. The van der Waals surface area contributed by atoms with E-state index < -0.39 is 5.97 Å². The van der Waals surface area contributed by atoms with E-state index in [-0.39, 0.29) is 17.5 Å². The lowest BCUT2D eigenvalue weighted by Crippen LogP contribution is -2.57. The van der Waals surface area contributed by atoms with Crippen molar-refractivity contribution >= 4 is 22.8 Å². The largest absolute Gasteiger partial charge is 0.478 e. The molecule has 1 aromatic carbocycles. The summed E-state index contributed by atoms with van der Waals surface area (Å²) in [5, 5.41) is 19.6. The Labute approximate surface area is 132 Å². The van der Waals surface area contributed by atoms with Crippen molar-refractivity contribution in [2.45, 2.75) is 18.9 Å². The minimum absolute atomic E-state index is 0.172. The Hall–Kier alpha value is -2.41. The Bertz CT molecular complexity index is 777. The van der Waals surface area contributed by atoms with Crippen molar-refractivity contribution in [2.24, 2.45) is 5.92 Å². The molecule has 1 amide bonds. The second-order valence-corrected chi connectivity index (χ2v) is 6.36. The normalized spacial score (nSPS) is 26.3. The van der Waals surface area contributed by atoms with E-state index in [1.807, 2.05) is 0 Å². The van der Waals surface area contributed by atoms with Gasteiger partial charge in [0.1, 0.15) is 0 Å². The highest BCUT2D eigenvalue weighted by Crippen LogP contribution is 2.28. The molecule has 0 radical (unpaired) electrons. The van der Waals surface area contributed by atoms with Crippen LogP contribution in [0.1, 0.15) is 33.7 Å². The molecule has 1 atom stereocenters. The van der Waals surface area contributed by atoms with E-state index in [0.29, 0.717) is 22.5 Å². The van der Waals surface area contributed by atoms with Gasteiger partial charge in [0.05, 0.1) is 11.1 Å². The van der Waals surface area contributed by atoms with Crippen LogP contribution < -0.4 is 5.32 Å². The maximum absolute atomic E-state index is 12.6. The van der Waals surface area contributed by atoms with Gasteiger partial charge >= 0.3 is 5.97 Å². The zero-order chi connectivity index (χ0) is 16.0. The lowest BCUT2D eigenvalue weighted by Gasteiger charge is -2.44. The maximum Gasteiger partial charge on any atom is 0.335 e.